The third-order valence-corrected chi connectivity index (χ3v) is 11.6. The SMILES string of the molecule is CN1CCN(C(=O)C2=CN3C4CC5C(=O)c6ccccc6C(=O)C5CC4OC4C(N5CCC(N)C5)C(F)CC(C2=O)C43)CC1. The highest BCUT2D eigenvalue weighted by Crippen LogP contribution is 2.50. The van der Waals surface area contributed by atoms with Crippen molar-refractivity contribution in [2.75, 3.05) is 46.3 Å². The van der Waals surface area contributed by atoms with Crippen LogP contribution in [0.4, 0.5) is 4.39 Å². The number of ether oxygens (including phenoxy) is 1. The third-order valence-electron chi connectivity index (χ3n) is 11.6. The Balaban J connectivity index is 1.19. The van der Waals surface area contributed by atoms with Crippen molar-refractivity contribution in [3.8, 4) is 0 Å². The predicted octanol–water partition coefficient (Wildman–Crippen LogP) is 0.899. The molecule has 44 heavy (non-hydrogen) atoms. The Morgan fingerprint density at radius 3 is 2.23 bits per heavy atom. The number of morpholine rings is 1. The molecule has 2 saturated carbocycles. The van der Waals surface area contributed by atoms with Crippen molar-refractivity contribution >= 4 is 23.3 Å². The number of benzene rings is 1. The molecule has 3 saturated heterocycles. The summed E-state index contributed by atoms with van der Waals surface area (Å²) in [5.74, 6) is -2.46. The van der Waals surface area contributed by atoms with Crippen LogP contribution < -0.4 is 5.73 Å². The van der Waals surface area contributed by atoms with E-state index in [-0.39, 0.29) is 47.3 Å². The summed E-state index contributed by atoms with van der Waals surface area (Å²) in [5.41, 5.74) is 7.26. The molecule has 1 aromatic carbocycles. The highest BCUT2D eigenvalue weighted by Gasteiger charge is 2.62. The number of halogens is 1. The number of nitrogens with two attached hydrogens (primary N) is 1. The second kappa shape index (κ2) is 10.5. The average molecular weight is 606 g/mol. The van der Waals surface area contributed by atoms with Crippen molar-refractivity contribution in [3.05, 3.63) is 47.2 Å². The number of hydrogen-bond acceptors (Lipinski definition) is 9. The molecule has 5 fully saturated rings. The second-order valence-corrected chi connectivity index (χ2v) is 14.0. The van der Waals surface area contributed by atoms with Gasteiger partial charge in [0.25, 0.3) is 5.91 Å². The van der Waals surface area contributed by atoms with Gasteiger partial charge in [0.05, 0.1) is 35.9 Å². The first-order valence-corrected chi connectivity index (χ1v) is 16.2. The van der Waals surface area contributed by atoms with Crippen molar-refractivity contribution < 1.29 is 28.3 Å². The summed E-state index contributed by atoms with van der Waals surface area (Å²) in [6, 6.07) is 5.60. The van der Waals surface area contributed by atoms with Gasteiger partial charge in [-0.1, -0.05) is 24.3 Å². The van der Waals surface area contributed by atoms with Crippen LogP contribution in [-0.2, 0) is 14.3 Å². The van der Waals surface area contributed by atoms with Crippen LogP contribution >= 0.6 is 0 Å². The standard InChI is InChI=1S/C33H40FN5O5/c1-36-8-10-37(11-9-36)33(43)23-16-39-25-13-20-21(30(41)19-5-3-2-4-18(19)29(20)40)14-26(25)44-32-27(39)22(31(23)42)12-24(34)28(32)38-7-6-17(35)15-38/h2-5,16-17,20-22,24-28,32H,6-15,35H2,1H3. The van der Waals surface area contributed by atoms with Crippen LogP contribution in [0.3, 0.4) is 0 Å². The number of Topliss-reactive ketones (excluding diaryl/α,β-unsaturated/α-hetero) is 3. The molecular formula is C33H40FN5O5. The number of amides is 1. The lowest BCUT2D eigenvalue weighted by molar-refractivity contribution is -0.215. The van der Waals surface area contributed by atoms with E-state index in [0.717, 1.165) is 19.5 Å². The molecule has 234 valence electrons. The van der Waals surface area contributed by atoms with Crippen LogP contribution in [0, 0.1) is 17.8 Å². The average Bonchev–Trinajstić information content (AvgIpc) is 3.45. The van der Waals surface area contributed by atoms with Crippen LogP contribution in [0.15, 0.2) is 36.0 Å². The Bertz CT molecular complexity index is 1440. The lowest BCUT2D eigenvalue weighted by Gasteiger charge is -2.61. The molecule has 0 bridgehead atoms. The number of nitrogens with zero attached hydrogens (tertiary/aromatic N) is 4. The molecular weight excluding hydrogens is 565 g/mol. The molecule has 1 aromatic rings. The number of carbonyl (C=O) groups is 4. The minimum absolute atomic E-state index is 0.0118. The van der Waals surface area contributed by atoms with Gasteiger partial charge in [0.1, 0.15) is 6.17 Å². The first kappa shape index (κ1) is 28.5. The highest BCUT2D eigenvalue weighted by molar-refractivity contribution is 6.20. The number of ketones is 3. The zero-order valence-electron chi connectivity index (χ0n) is 25.0. The topological polar surface area (TPSA) is 116 Å². The van der Waals surface area contributed by atoms with Gasteiger partial charge in [-0.15, -0.1) is 0 Å². The summed E-state index contributed by atoms with van der Waals surface area (Å²) in [4.78, 5) is 63.4. The molecule has 11 heteroatoms. The molecule has 10 unspecified atom stereocenters. The van der Waals surface area contributed by atoms with Crippen LogP contribution in [0.1, 0.15) is 46.4 Å². The first-order chi connectivity index (χ1) is 21.2. The molecule has 10 atom stereocenters. The number of likely N-dealkylation sites (N-methyl/N-ethyl adjacent to an activating group) is 1. The van der Waals surface area contributed by atoms with E-state index in [1.807, 2.05) is 7.05 Å². The largest absolute Gasteiger partial charge is 0.369 e. The van der Waals surface area contributed by atoms with Gasteiger partial charge in [-0.05, 0) is 32.7 Å². The van der Waals surface area contributed by atoms with Crippen molar-refractivity contribution in [2.45, 2.75) is 68.2 Å². The molecule has 3 aliphatic carbocycles. The maximum Gasteiger partial charge on any atom is 0.259 e. The summed E-state index contributed by atoms with van der Waals surface area (Å²) < 4.78 is 23.1. The number of rotatable bonds is 2. The Labute approximate surface area is 256 Å². The van der Waals surface area contributed by atoms with E-state index in [2.05, 4.69) is 14.7 Å². The van der Waals surface area contributed by atoms with Crippen LogP contribution in [-0.4, -0.2) is 132 Å². The van der Waals surface area contributed by atoms with Crippen molar-refractivity contribution in [2.24, 2.45) is 23.5 Å². The zero-order chi connectivity index (χ0) is 30.4. The third kappa shape index (κ3) is 4.26. The summed E-state index contributed by atoms with van der Waals surface area (Å²) in [5, 5.41) is 0. The summed E-state index contributed by atoms with van der Waals surface area (Å²) >= 11 is 0. The van der Waals surface area contributed by atoms with E-state index in [1.165, 1.54) is 0 Å². The fourth-order valence-corrected chi connectivity index (χ4v) is 9.34. The molecule has 0 spiro atoms. The van der Waals surface area contributed by atoms with E-state index < -0.39 is 48.2 Å². The molecule has 8 rings (SSSR count). The van der Waals surface area contributed by atoms with Gasteiger partial charge in [0.2, 0.25) is 0 Å². The maximum atomic E-state index is 16.3. The van der Waals surface area contributed by atoms with Gasteiger partial charge in [-0.25, -0.2) is 4.39 Å². The van der Waals surface area contributed by atoms with Crippen LogP contribution in [0.5, 0.6) is 0 Å². The molecule has 2 N–H and O–H groups in total. The minimum Gasteiger partial charge on any atom is -0.369 e. The lowest BCUT2D eigenvalue weighted by Crippen LogP contribution is -2.74. The minimum atomic E-state index is -1.33. The summed E-state index contributed by atoms with van der Waals surface area (Å²) in [6.07, 6.45) is 0.802. The molecule has 0 radical (unpaired) electrons. The normalized spacial score (nSPS) is 40.6. The summed E-state index contributed by atoms with van der Waals surface area (Å²) in [6.45, 7) is 3.70. The van der Waals surface area contributed by atoms with Gasteiger partial charge in [0.15, 0.2) is 17.3 Å². The zero-order valence-corrected chi connectivity index (χ0v) is 25.0. The number of carbonyl (C=O) groups excluding carboxylic acids is 4. The van der Waals surface area contributed by atoms with E-state index in [0.29, 0.717) is 50.1 Å². The molecule has 4 aliphatic heterocycles. The van der Waals surface area contributed by atoms with Crippen LogP contribution in [0.25, 0.3) is 0 Å². The Hall–Kier alpha value is -2.99. The molecule has 10 nitrogen and oxygen atoms in total. The van der Waals surface area contributed by atoms with E-state index in [9.17, 15) is 19.2 Å². The van der Waals surface area contributed by atoms with Gasteiger partial charge in [-0.3, -0.25) is 24.1 Å². The van der Waals surface area contributed by atoms with E-state index >= 15 is 4.39 Å². The van der Waals surface area contributed by atoms with E-state index in [1.54, 1.807) is 35.4 Å². The van der Waals surface area contributed by atoms with Crippen molar-refractivity contribution in [1.82, 2.24) is 19.6 Å². The molecule has 4 heterocycles. The lowest BCUT2D eigenvalue weighted by atomic mass is 9.63. The van der Waals surface area contributed by atoms with Gasteiger partial charge in [-0.2, -0.15) is 0 Å². The Kier molecular flexibility index (Phi) is 6.82. The highest BCUT2D eigenvalue weighted by atomic mass is 19.1. The quantitative estimate of drug-likeness (QED) is 0.491. The van der Waals surface area contributed by atoms with E-state index in [4.69, 9.17) is 10.5 Å². The maximum absolute atomic E-state index is 16.3. The fraction of sp³-hybridized carbons (Fsp3) is 0.636. The molecule has 0 aromatic heterocycles. The molecule has 7 aliphatic rings. The Morgan fingerprint density at radius 1 is 0.886 bits per heavy atom. The number of hydrogen-bond donors (Lipinski definition) is 1. The fourth-order valence-electron chi connectivity index (χ4n) is 9.34. The van der Waals surface area contributed by atoms with Crippen molar-refractivity contribution in [1.29, 1.82) is 0 Å². The number of fused-ring (bicyclic) bond motifs is 4. The number of likely N-dealkylation sites (tertiary alicyclic amines) is 1. The Morgan fingerprint density at radius 2 is 1.57 bits per heavy atom. The smallest absolute Gasteiger partial charge is 0.259 e. The van der Waals surface area contributed by atoms with Gasteiger partial charge in [0, 0.05) is 80.4 Å². The van der Waals surface area contributed by atoms with Gasteiger partial charge < -0.3 is 25.2 Å². The first-order valence-electron chi connectivity index (χ1n) is 16.2. The number of alkyl halides is 1. The summed E-state index contributed by atoms with van der Waals surface area (Å²) in [7, 11) is 2.00. The molecule has 1 amide bonds. The monoisotopic (exact) mass is 605 g/mol. The van der Waals surface area contributed by atoms with Gasteiger partial charge >= 0.3 is 0 Å². The second-order valence-electron chi connectivity index (χ2n) is 14.0. The number of piperazine rings is 1. The van der Waals surface area contributed by atoms with Crippen LogP contribution in [0.2, 0.25) is 0 Å². The predicted molar refractivity (Wildman–Crippen MR) is 158 cm³/mol. The van der Waals surface area contributed by atoms with Crippen molar-refractivity contribution in [3.63, 3.8) is 0 Å².